The molecule has 3 aromatic heterocycles. The van der Waals surface area contributed by atoms with Gasteiger partial charge in [-0.1, -0.05) is 42.5 Å². The minimum Gasteiger partial charge on any atom is -0.505 e. The average molecular weight is 516 g/mol. The SMILES string of the molecule is Cn1ccnc1-c1nc(NC2CCC(CO)C2)c2c(-c3ccccc3)c(-c3cccc(O)c3F)sc2n1. The highest BCUT2D eigenvalue weighted by Gasteiger charge is 2.28. The second-order valence-electron chi connectivity index (χ2n) is 9.45. The lowest BCUT2D eigenvalue weighted by molar-refractivity contribution is 0.229. The van der Waals surface area contributed by atoms with Gasteiger partial charge in [-0.25, -0.2) is 19.3 Å². The van der Waals surface area contributed by atoms with Crippen LogP contribution in [0.3, 0.4) is 0 Å². The number of aromatic hydroxyl groups is 1. The number of nitrogens with zero attached hydrogens (tertiary/aromatic N) is 4. The normalized spacial score (nSPS) is 17.5. The number of imidazole rings is 1. The zero-order valence-electron chi connectivity index (χ0n) is 20.2. The summed E-state index contributed by atoms with van der Waals surface area (Å²) in [5.74, 6) is 0.963. The summed E-state index contributed by atoms with van der Waals surface area (Å²) in [6.07, 6.45) is 6.27. The lowest BCUT2D eigenvalue weighted by Crippen LogP contribution is -2.18. The molecule has 7 nitrogen and oxygen atoms in total. The van der Waals surface area contributed by atoms with Gasteiger partial charge in [-0.3, -0.25) is 0 Å². The van der Waals surface area contributed by atoms with E-state index in [9.17, 15) is 10.2 Å². The van der Waals surface area contributed by atoms with E-state index in [1.165, 1.54) is 17.4 Å². The number of hydrogen-bond acceptors (Lipinski definition) is 7. The summed E-state index contributed by atoms with van der Waals surface area (Å²) < 4.78 is 17.1. The van der Waals surface area contributed by atoms with E-state index in [0.717, 1.165) is 35.8 Å². The van der Waals surface area contributed by atoms with Crippen molar-refractivity contribution in [3.63, 3.8) is 0 Å². The molecule has 0 saturated heterocycles. The van der Waals surface area contributed by atoms with Crippen molar-refractivity contribution in [2.75, 3.05) is 11.9 Å². The number of thiophene rings is 1. The Morgan fingerprint density at radius 2 is 1.95 bits per heavy atom. The molecule has 2 atom stereocenters. The molecule has 0 radical (unpaired) electrons. The lowest BCUT2D eigenvalue weighted by Gasteiger charge is -2.16. The summed E-state index contributed by atoms with van der Waals surface area (Å²) in [7, 11) is 1.89. The van der Waals surface area contributed by atoms with Crippen molar-refractivity contribution in [1.82, 2.24) is 19.5 Å². The number of phenols is 1. The van der Waals surface area contributed by atoms with Crippen molar-refractivity contribution in [1.29, 1.82) is 0 Å². The molecular formula is C28H26FN5O2S. The maximum Gasteiger partial charge on any atom is 0.199 e. The number of fused-ring (bicyclic) bond motifs is 1. The van der Waals surface area contributed by atoms with Crippen LogP contribution in [0.2, 0.25) is 0 Å². The number of aliphatic hydroxyl groups excluding tert-OH is 1. The highest BCUT2D eigenvalue weighted by Crippen LogP contribution is 2.48. The number of benzene rings is 2. The highest BCUT2D eigenvalue weighted by molar-refractivity contribution is 7.22. The smallest absolute Gasteiger partial charge is 0.199 e. The first-order valence-electron chi connectivity index (χ1n) is 12.3. The van der Waals surface area contributed by atoms with E-state index in [4.69, 9.17) is 9.97 Å². The molecule has 37 heavy (non-hydrogen) atoms. The van der Waals surface area contributed by atoms with Gasteiger partial charge in [0, 0.05) is 48.1 Å². The fraction of sp³-hybridized carbons (Fsp3) is 0.250. The number of rotatable bonds is 6. The van der Waals surface area contributed by atoms with Gasteiger partial charge in [0.15, 0.2) is 23.2 Å². The third-order valence-corrected chi connectivity index (χ3v) is 8.12. The number of phenolic OH excluding ortho intramolecular Hbond substituents is 1. The molecule has 0 spiro atoms. The van der Waals surface area contributed by atoms with Crippen LogP contribution >= 0.6 is 11.3 Å². The fourth-order valence-corrected chi connectivity index (χ4v) is 6.33. The molecule has 6 rings (SSSR count). The number of nitrogens with one attached hydrogen (secondary N) is 1. The first kappa shape index (κ1) is 23.6. The van der Waals surface area contributed by atoms with Gasteiger partial charge in [-0.05, 0) is 36.8 Å². The van der Waals surface area contributed by atoms with Gasteiger partial charge in [-0.15, -0.1) is 11.3 Å². The van der Waals surface area contributed by atoms with E-state index in [2.05, 4.69) is 10.3 Å². The van der Waals surface area contributed by atoms with Gasteiger partial charge in [0.1, 0.15) is 10.6 Å². The van der Waals surface area contributed by atoms with Crippen LogP contribution in [-0.2, 0) is 7.05 Å². The van der Waals surface area contributed by atoms with Crippen molar-refractivity contribution in [2.45, 2.75) is 25.3 Å². The molecule has 2 unspecified atom stereocenters. The molecule has 3 N–H and O–H groups in total. The monoisotopic (exact) mass is 515 g/mol. The Labute approximate surface area is 217 Å². The number of anilines is 1. The molecule has 1 fully saturated rings. The van der Waals surface area contributed by atoms with Crippen molar-refractivity contribution in [3.8, 4) is 39.0 Å². The summed E-state index contributed by atoms with van der Waals surface area (Å²) >= 11 is 1.37. The summed E-state index contributed by atoms with van der Waals surface area (Å²) in [6.45, 7) is 0.171. The summed E-state index contributed by atoms with van der Waals surface area (Å²) in [6, 6.07) is 14.6. The quantitative estimate of drug-likeness (QED) is 0.263. The molecule has 1 aliphatic rings. The molecule has 1 aliphatic carbocycles. The summed E-state index contributed by atoms with van der Waals surface area (Å²) in [5.41, 5.74) is 2.03. The first-order valence-corrected chi connectivity index (χ1v) is 13.1. The largest absolute Gasteiger partial charge is 0.505 e. The number of aromatic nitrogens is 4. The number of halogens is 1. The van der Waals surface area contributed by atoms with E-state index < -0.39 is 11.6 Å². The van der Waals surface area contributed by atoms with Crippen molar-refractivity contribution in [3.05, 3.63) is 66.7 Å². The van der Waals surface area contributed by atoms with E-state index >= 15 is 4.39 Å². The Hall–Kier alpha value is -3.82. The maximum atomic E-state index is 15.2. The number of aliphatic hydroxyl groups is 1. The number of hydrogen-bond donors (Lipinski definition) is 3. The van der Waals surface area contributed by atoms with Crippen LogP contribution in [0.5, 0.6) is 5.75 Å². The first-order chi connectivity index (χ1) is 18.0. The summed E-state index contributed by atoms with van der Waals surface area (Å²) in [5, 5.41) is 24.3. The Bertz CT molecular complexity index is 1580. The lowest BCUT2D eigenvalue weighted by atomic mass is 9.99. The van der Waals surface area contributed by atoms with E-state index in [-0.39, 0.29) is 18.6 Å². The van der Waals surface area contributed by atoms with Crippen LogP contribution in [0.4, 0.5) is 10.2 Å². The van der Waals surface area contributed by atoms with E-state index in [0.29, 0.717) is 32.7 Å². The third-order valence-electron chi connectivity index (χ3n) is 7.00. The Kier molecular flexibility index (Phi) is 6.10. The van der Waals surface area contributed by atoms with E-state index in [1.807, 2.05) is 48.1 Å². The van der Waals surface area contributed by atoms with Crippen LogP contribution in [0.15, 0.2) is 60.9 Å². The van der Waals surface area contributed by atoms with Crippen LogP contribution < -0.4 is 5.32 Å². The highest BCUT2D eigenvalue weighted by atomic mass is 32.1. The molecule has 9 heteroatoms. The molecule has 188 valence electrons. The standard InChI is InChI=1S/C28H26FN5O2S/c1-34-13-12-30-27(34)26-32-25(31-18-11-10-16(14-18)15-35)22-21(17-6-3-2-4-7-17)24(37-28(22)33-26)19-8-5-9-20(36)23(19)29/h2-9,12-13,16,18,35-36H,10-11,14-15H2,1H3,(H,31,32,33). The average Bonchev–Trinajstić information content (AvgIpc) is 3.64. The van der Waals surface area contributed by atoms with Crippen LogP contribution in [0, 0.1) is 11.7 Å². The van der Waals surface area contributed by atoms with Gasteiger partial charge < -0.3 is 20.1 Å². The molecule has 0 aliphatic heterocycles. The van der Waals surface area contributed by atoms with Crippen molar-refractivity contribution >= 4 is 27.4 Å². The van der Waals surface area contributed by atoms with Crippen molar-refractivity contribution in [2.24, 2.45) is 13.0 Å². The second kappa shape index (κ2) is 9.57. The minimum absolute atomic E-state index is 0.147. The fourth-order valence-electron chi connectivity index (χ4n) is 5.12. The molecular weight excluding hydrogens is 489 g/mol. The zero-order valence-corrected chi connectivity index (χ0v) is 21.0. The van der Waals surface area contributed by atoms with Gasteiger partial charge in [0.05, 0.1) is 5.39 Å². The molecule has 5 aromatic rings. The number of aryl methyl sites for hydroxylation is 1. The molecule has 2 aromatic carbocycles. The minimum atomic E-state index is -0.667. The Morgan fingerprint density at radius 3 is 2.68 bits per heavy atom. The zero-order chi connectivity index (χ0) is 25.5. The van der Waals surface area contributed by atoms with Crippen LogP contribution in [0.25, 0.3) is 43.4 Å². The maximum absolute atomic E-state index is 15.2. The predicted molar refractivity (Wildman–Crippen MR) is 144 cm³/mol. The van der Waals surface area contributed by atoms with Gasteiger partial charge in [0.2, 0.25) is 0 Å². The Balaban J connectivity index is 1.63. The summed E-state index contributed by atoms with van der Waals surface area (Å²) in [4.78, 5) is 15.7. The molecule has 3 heterocycles. The Morgan fingerprint density at radius 1 is 1.11 bits per heavy atom. The van der Waals surface area contributed by atoms with E-state index in [1.54, 1.807) is 18.3 Å². The van der Waals surface area contributed by atoms with Gasteiger partial charge >= 0.3 is 0 Å². The third kappa shape index (κ3) is 4.24. The predicted octanol–water partition coefficient (Wildman–Crippen LogP) is 5.84. The molecule has 0 bridgehead atoms. The molecule has 1 saturated carbocycles. The van der Waals surface area contributed by atoms with Crippen LogP contribution in [0.1, 0.15) is 19.3 Å². The molecule has 0 amide bonds. The second-order valence-corrected chi connectivity index (χ2v) is 10.5. The van der Waals surface area contributed by atoms with Gasteiger partial charge in [-0.2, -0.15) is 0 Å². The van der Waals surface area contributed by atoms with Crippen LogP contribution in [-0.4, -0.2) is 42.4 Å². The topological polar surface area (TPSA) is 96.1 Å². The van der Waals surface area contributed by atoms with Crippen molar-refractivity contribution < 1.29 is 14.6 Å². The van der Waals surface area contributed by atoms with Gasteiger partial charge in [0.25, 0.3) is 0 Å².